The van der Waals surface area contributed by atoms with E-state index in [0.717, 1.165) is 5.76 Å². The number of nitrogens with two attached hydrogens (primary N) is 2. The maximum absolute atomic E-state index is 5.57. The highest BCUT2D eigenvalue weighted by Gasteiger charge is 2.06. The van der Waals surface area contributed by atoms with Gasteiger partial charge in [-0.2, -0.15) is 0 Å². The number of halogens is 1. The molecule has 1 rings (SSSR count). The van der Waals surface area contributed by atoms with E-state index in [1.165, 1.54) is 0 Å². The van der Waals surface area contributed by atoms with Crippen molar-refractivity contribution in [2.45, 2.75) is 6.04 Å². The Hall–Kier alpha value is -0.320. The molecule has 0 aliphatic heterocycles. The second-order valence-electron chi connectivity index (χ2n) is 1.98. The summed E-state index contributed by atoms with van der Waals surface area (Å²) in [5.74, 6) is 0.717. The lowest BCUT2D eigenvalue weighted by Crippen LogP contribution is -2.19. The molecule has 0 aliphatic rings. The summed E-state index contributed by atoms with van der Waals surface area (Å²) in [6.45, 7) is 0.403. The van der Waals surface area contributed by atoms with Crippen LogP contribution in [0.15, 0.2) is 21.2 Å². The lowest BCUT2D eigenvalue weighted by molar-refractivity contribution is 0.452. The Morgan fingerprint density at radius 2 is 2.30 bits per heavy atom. The van der Waals surface area contributed by atoms with Crippen LogP contribution in [0.1, 0.15) is 11.8 Å². The van der Waals surface area contributed by atoms with Crippen molar-refractivity contribution < 1.29 is 4.42 Å². The summed E-state index contributed by atoms with van der Waals surface area (Å²) in [4.78, 5) is 0. The Morgan fingerprint density at radius 1 is 1.60 bits per heavy atom. The van der Waals surface area contributed by atoms with Crippen LogP contribution in [-0.2, 0) is 0 Å². The van der Waals surface area contributed by atoms with Crippen LogP contribution in [0.2, 0.25) is 0 Å². The molecule has 4 N–H and O–H groups in total. The molecule has 0 fully saturated rings. The first kappa shape index (κ1) is 7.78. The molecule has 1 heterocycles. The van der Waals surface area contributed by atoms with Crippen molar-refractivity contribution in [3.05, 3.63) is 22.6 Å². The minimum Gasteiger partial charge on any atom is -0.453 e. The molecule has 1 aromatic heterocycles. The minimum absolute atomic E-state index is 0.189. The molecule has 1 atom stereocenters. The van der Waals surface area contributed by atoms with Crippen LogP contribution < -0.4 is 11.5 Å². The molecule has 0 aromatic carbocycles. The summed E-state index contributed by atoms with van der Waals surface area (Å²) in [6, 6.07) is 3.42. The van der Waals surface area contributed by atoms with Crippen molar-refractivity contribution >= 4 is 15.9 Å². The third kappa shape index (κ3) is 1.59. The number of hydrogen-bond acceptors (Lipinski definition) is 3. The first-order valence-corrected chi connectivity index (χ1v) is 3.74. The van der Waals surface area contributed by atoms with E-state index in [2.05, 4.69) is 15.9 Å². The van der Waals surface area contributed by atoms with E-state index >= 15 is 0 Å². The number of rotatable bonds is 2. The number of hydrogen-bond donors (Lipinski definition) is 2. The second-order valence-corrected chi connectivity index (χ2v) is 2.77. The molecule has 0 unspecified atom stereocenters. The minimum atomic E-state index is -0.189. The van der Waals surface area contributed by atoms with Crippen molar-refractivity contribution in [1.82, 2.24) is 0 Å². The second kappa shape index (κ2) is 3.18. The zero-order valence-corrected chi connectivity index (χ0v) is 6.97. The fraction of sp³-hybridized carbons (Fsp3) is 0.333. The van der Waals surface area contributed by atoms with Crippen LogP contribution >= 0.6 is 15.9 Å². The van der Waals surface area contributed by atoms with Gasteiger partial charge in [0.15, 0.2) is 4.67 Å². The standard InChI is InChI=1S/C6H9BrN2O/c7-6-2-1-5(10-6)4(9)3-8/h1-2,4H,3,8-9H2/t4-/m0/s1. The van der Waals surface area contributed by atoms with Crippen LogP contribution in [0.3, 0.4) is 0 Å². The summed E-state index contributed by atoms with van der Waals surface area (Å²) in [6.07, 6.45) is 0. The van der Waals surface area contributed by atoms with Crippen LogP contribution in [0.25, 0.3) is 0 Å². The molecule has 0 aliphatic carbocycles. The fourth-order valence-corrected chi connectivity index (χ4v) is 0.963. The molecule has 0 amide bonds. The molecule has 0 spiro atoms. The van der Waals surface area contributed by atoms with Crippen molar-refractivity contribution in [3.8, 4) is 0 Å². The van der Waals surface area contributed by atoms with Gasteiger partial charge >= 0.3 is 0 Å². The quantitative estimate of drug-likeness (QED) is 0.756. The molecular weight excluding hydrogens is 196 g/mol. The third-order valence-electron chi connectivity index (χ3n) is 1.21. The van der Waals surface area contributed by atoms with Gasteiger partial charge in [-0.25, -0.2) is 0 Å². The van der Waals surface area contributed by atoms with Gasteiger partial charge in [-0.15, -0.1) is 0 Å². The van der Waals surface area contributed by atoms with E-state index < -0.39 is 0 Å². The Labute approximate surface area is 67.5 Å². The molecule has 1 aromatic rings. The molecule has 56 valence electrons. The maximum atomic E-state index is 5.57. The average molecular weight is 205 g/mol. The third-order valence-corrected chi connectivity index (χ3v) is 1.64. The average Bonchev–Trinajstić information content (AvgIpc) is 2.34. The van der Waals surface area contributed by atoms with Gasteiger partial charge in [0, 0.05) is 6.54 Å². The summed E-state index contributed by atoms with van der Waals surface area (Å²) in [5.41, 5.74) is 10.9. The van der Waals surface area contributed by atoms with E-state index in [4.69, 9.17) is 15.9 Å². The molecule has 0 saturated carbocycles. The zero-order chi connectivity index (χ0) is 7.56. The fourth-order valence-electron chi connectivity index (χ4n) is 0.644. The maximum Gasteiger partial charge on any atom is 0.169 e. The summed E-state index contributed by atoms with van der Waals surface area (Å²) in [5, 5.41) is 0. The Morgan fingerprint density at radius 3 is 2.70 bits per heavy atom. The zero-order valence-electron chi connectivity index (χ0n) is 5.38. The molecule has 3 nitrogen and oxygen atoms in total. The molecule has 0 saturated heterocycles. The van der Waals surface area contributed by atoms with E-state index in [1.807, 2.05) is 6.07 Å². The van der Waals surface area contributed by atoms with E-state index in [-0.39, 0.29) is 6.04 Å². The van der Waals surface area contributed by atoms with Crippen LogP contribution in [0, 0.1) is 0 Å². The Bertz CT molecular complexity index is 211. The summed E-state index contributed by atoms with van der Waals surface area (Å²) < 4.78 is 5.83. The van der Waals surface area contributed by atoms with Gasteiger partial charge in [-0.3, -0.25) is 0 Å². The topological polar surface area (TPSA) is 65.2 Å². The SMILES string of the molecule is NC[C@H](N)c1ccc(Br)o1. The smallest absolute Gasteiger partial charge is 0.169 e. The molecule has 0 bridgehead atoms. The van der Waals surface area contributed by atoms with E-state index in [9.17, 15) is 0 Å². The first-order chi connectivity index (χ1) is 4.74. The highest BCUT2D eigenvalue weighted by atomic mass is 79.9. The molecule has 4 heteroatoms. The van der Waals surface area contributed by atoms with Crippen LogP contribution in [0.4, 0.5) is 0 Å². The van der Waals surface area contributed by atoms with Crippen molar-refractivity contribution in [1.29, 1.82) is 0 Å². The molecular formula is C6H9BrN2O. The summed E-state index contributed by atoms with van der Waals surface area (Å²) >= 11 is 3.17. The normalized spacial score (nSPS) is 13.5. The van der Waals surface area contributed by atoms with Crippen molar-refractivity contribution in [2.24, 2.45) is 11.5 Å². The van der Waals surface area contributed by atoms with Crippen molar-refractivity contribution in [2.75, 3.05) is 6.54 Å². The Balaban J connectivity index is 2.74. The first-order valence-electron chi connectivity index (χ1n) is 2.95. The predicted molar refractivity (Wildman–Crippen MR) is 42.4 cm³/mol. The van der Waals surface area contributed by atoms with Gasteiger partial charge < -0.3 is 15.9 Å². The largest absolute Gasteiger partial charge is 0.453 e. The Kier molecular flexibility index (Phi) is 2.48. The van der Waals surface area contributed by atoms with E-state index in [0.29, 0.717) is 11.2 Å². The highest BCUT2D eigenvalue weighted by molar-refractivity contribution is 9.10. The number of furan rings is 1. The van der Waals surface area contributed by atoms with Crippen molar-refractivity contribution in [3.63, 3.8) is 0 Å². The summed E-state index contributed by atoms with van der Waals surface area (Å²) in [7, 11) is 0. The molecule has 10 heavy (non-hydrogen) atoms. The predicted octanol–water partition coefficient (Wildman–Crippen LogP) is 1.00. The lowest BCUT2D eigenvalue weighted by atomic mass is 10.2. The lowest BCUT2D eigenvalue weighted by Gasteiger charge is -2.02. The van der Waals surface area contributed by atoms with Gasteiger partial charge in [0.25, 0.3) is 0 Å². The van der Waals surface area contributed by atoms with E-state index in [1.54, 1.807) is 6.07 Å². The van der Waals surface area contributed by atoms with Gasteiger partial charge in [-0.05, 0) is 28.1 Å². The van der Waals surface area contributed by atoms with Gasteiger partial charge in [0.1, 0.15) is 5.76 Å². The van der Waals surface area contributed by atoms with Gasteiger partial charge in [0.05, 0.1) is 6.04 Å². The van der Waals surface area contributed by atoms with Crippen LogP contribution in [-0.4, -0.2) is 6.54 Å². The van der Waals surface area contributed by atoms with Gasteiger partial charge in [0.2, 0.25) is 0 Å². The molecule has 0 radical (unpaired) electrons. The monoisotopic (exact) mass is 204 g/mol. The highest BCUT2D eigenvalue weighted by Crippen LogP contribution is 2.17. The van der Waals surface area contributed by atoms with Gasteiger partial charge in [-0.1, -0.05) is 0 Å². The van der Waals surface area contributed by atoms with Crippen LogP contribution in [0.5, 0.6) is 0 Å².